The molecule has 0 atom stereocenters. The van der Waals surface area contributed by atoms with Crippen molar-refractivity contribution in [2.75, 3.05) is 13.2 Å². The standard InChI is InChI=1S/C4H8O.C2H3.ClH.Mg/c1-2-4-5-3-1;1-2;;/h1-4H2;1H,2H2;1H;/q;;;+1/p-1. The normalized spacial score (nSPS) is 15.2. The Hall–Kier alpha value is 0.756. The molecule has 0 aromatic carbocycles. The van der Waals surface area contributed by atoms with Gasteiger partial charge in [-0.2, -0.15) is 4.21 Å². The molecule has 0 radical (unpaired) electrons. The van der Waals surface area contributed by atoms with E-state index < -0.39 is 0 Å². The number of hydrogen-bond acceptors (Lipinski definition) is 1. The summed E-state index contributed by atoms with van der Waals surface area (Å²) in [6.45, 7) is 5.41. The summed E-state index contributed by atoms with van der Waals surface area (Å²) in [4.78, 5) is 0. The van der Waals surface area contributed by atoms with Gasteiger partial charge in [0.1, 0.15) is 0 Å². The van der Waals surface area contributed by atoms with E-state index in [2.05, 4.69) is 6.58 Å². The van der Waals surface area contributed by atoms with E-state index in [9.17, 15) is 0 Å². The van der Waals surface area contributed by atoms with Crippen LogP contribution in [0.4, 0.5) is 0 Å². The van der Waals surface area contributed by atoms with Crippen molar-refractivity contribution in [3.8, 4) is 0 Å². The van der Waals surface area contributed by atoms with Gasteiger partial charge in [0, 0.05) is 13.2 Å². The Morgan fingerprint density at radius 3 is 2.00 bits per heavy atom. The average molecular weight is 159 g/mol. The quantitative estimate of drug-likeness (QED) is 0.529. The van der Waals surface area contributed by atoms with Crippen molar-refractivity contribution in [2.24, 2.45) is 0 Å². The van der Waals surface area contributed by atoms with Gasteiger partial charge in [0.2, 0.25) is 0 Å². The minimum Gasteiger partial charge on any atom is -0.381 e. The second-order valence-corrected chi connectivity index (χ2v) is 3.57. The lowest BCUT2D eigenvalue weighted by atomic mass is 10.4. The molecule has 9 heavy (non-hydrogen) atoms. The summed E-state index contributed by atoms with van der Waals surface area (Å²) in [5.41, 5.74) is 0. The van der Waals surface area contributed by atoms with Gasteiger partial charge in [-0.15, -0.1) is 6.58 Å². The van der Waals surface area contributed by atoms with E-state index in [1.54, 1.807) is 4.21 Å². The first kappa shape index (κ1) is 9.76. The smallest absolute Gasteiger partial charge is 0.381 e. The maximum atomic E-state index is 5.21. The van der Waals surface area contributed by atoms with Crippen LogP contribution in [-0.4, -0.2) is 32.5 Å². The van der Waals surface area contributed by atoms with Crippen molar-refractivity contribution in [1.29, 1.82) is 0 Å². The van der Waals surface area contributed by atoms with Crippen molar-refractivity contribution >= 4 is 28.3 Å². The summed E-state index contributed by atoms with van der Waals surface area (Å²) < 4.78 is 6.72. The van der Waals surface area contributed by atoms with Crippen LogP contribution in [0.25, 0.3) is 0 Å². The Kier molecular flexibility index (Phi) is 9.49. The van der Waals surface area contributed by atoms with E-state index in [1.165, 1.54) is 12.8 Å². The van der Waals surface area contributed by atoms with Crippen LogP contribution >= 0.6 is 9.07 Å². The molecule has 0 aromatic rings. The molecule has 0 spiro atoms. The molecule has 1 saturated heterocycles. The molecule has 0 N–H and O–H groups in total. The van der Waals surface area contributed by atoms with E-state index in [1.807, 2.05) is 0 Å². The molecule has 1 rings (SSSR count). The molecule has 1 aliphatic heterocycles. The predicted molar refractivity (Wildman–Crippen MR) is 41.9 cm³/mol. The van der Waals surface area contributed by atoms with Crippen LogP contribution in [0.5, 0.6) is 0 Å². The zero-order chi connectivity index (χ0) is 6.95. The molecule has 1 fully saturated rings. The van der Waals surface area contributed by atoms with Gasteiger partial charge in [-0.05, 0) is 12.8 Å². The zero-order valence-corrected chi connectivity index (χ0v) is 7.78. The summed E-state index contributed by atoms with van der Waals surface area (Å²) in [5.74, 6) is 0. The van der Waals surface area contributed by atoms with Gasteiger partial charge in [0.15, 0.2) is 0 Å². The largest absolute Gasteiger partial charge is 0.530 e. The molecule has 50 valence electrons. The fourth-order valence-electron chi connectivity index (χ4n) is 0.510. The number of halogens is 1. The topological polar surface area (TPSA) is 9.23 Å². The molecule has 0 bridgehead atoms. The van der Waals surface area contributed by atoms with Crippen LogP contribution in [0.2, 0.25) is 0 Å². The fourth-order valence-corrected chi connectivity index (χ4v) is 0.510. The lowest BCUT2D eigenvalue weighted by Crippen LogP contribution is -1.74. The Labute approximate surface area is 69.9 Å². The minimum atomic E-state index is -0.340. The zero-order valence-electron chi connectivity index (χ0n) is 5.61. The van der Waals surface area contributed by atoms with Gasteiger partial charge in [-0.1, -0.05) is 0 Å². The van der Waals surface area contributed by atoms with Gasteiger partial charge >= 0.3 is 19.3 Å². The van der Waals surface area contributed by atoms with Crippen LogP contribution in [-0.2, 0) is 4.74 Å². The first-order valence-electron chi connectivity index (χ1n) is 3.16. The van der Waals surface area contributed by atoms with Crippen molar-refractivity contribution in [3.63, 3.8) is 0 Å². The summed E-state index contributed by atoms with van der Waals surface area (Å²) in [5, 5.41) is 0. The number of rotatable bonds is 1. The molecule has 3 heteroatoms. The van der Waals surface area contributed by atoms with E-state index in [-0.39, 0.29) is 19.3 Å². The van der Waals surface area contributed by atoms with E-state index in [0.29, 0.717) is 0 Å². The van der Waals surface area contributed by atoms with Gasteiger partial charge in [-0.3, -0.25) is 0 Å². The van der Waals surface area contributed by atoms with Gasteiger partial charge < -0.3 is 13.8 Å². The highest BCUT2D eigenvalue weighted by Gasteiger charge is 1.94. The Balaban J connectivity index is 0.000000148. The van der Waals surface area contributed by atoms with Crippen molar-refractivity contribution in [3.05, 3.63) is 10.8 Å². The fraction of sp³-hybridized carbons (Fsp3) is 0.667. The summed E-state index contributed by atoms with van der Waals surface area (Å²) >= 11 is -0.340. The van der Waals surface area contributed by atoms with Crippen LogP contribution < -0.4 is 0 Å². The van der Waals surface area contributed by atoms with E-state index in [4.69, 9.17) is 13.8 Å². The second kappa shape index (κ2) is 8.76. The average Bonchev–Trinajstić information content (AvgIpc) is 2.43. The van der Waals surface area contributed by atoms with Crippen molar-refractivity contribution in [1.82, 2.24) is 0 Å². The number of ether oxygens (including phenoxy) is 1. The Morgan fingerprint density at radius 1 is 1.44 bits per heavy atom. The summed E-state index contributed by atoms with van der Waals surface area (Å²) in [6.07, 6.45) is 2.56. The summed E-state index contributed by atoms with van der Waals surface area (Å²) in [7, 11) is 5.21. The highest BCUT2D eigenvalue weighted by Crippen LogP contribution is 1.98. The Bertz CT molecular complexity index is 56.5. The SMILES string of the molecule is C1CCOC1.C=[CH][Mg][Cl]. The van der Waals surface area contributed by atoms with Crippen molar-refractivity contribution < 1.29 is 4.74 Å². The third kappa shape index (κ3) is 8.76. The molecule has 1 heterocycles. The monoisotopic (exact) mass is 158 g/mol. The molecule has 0 unspecified atom stereocenters. The molecule has 0 aromatic heterocycles. The van der Waals surface area contributed by atoms with Crippen molar-refractivity contribution in [2.45, 2.75) is 12.8 Å². The highest BCUT2D eigenvalue weighted by molar-refractivity contribution is 6.96. The van der Waals surface area contributed by atoms with Gasteiger partial charge in [0.25, 0.3) is 0 Å². The second-order valence-electron chi connectivity index (χ2n) is 1.76. The Morgan fingerprint density at radius 2 is 1.89 bits per heavy atom. The van der Waals surface area contributed by atoms with Crippen LogP contribution in [0.3, 0.4) is 0 Å². The molecular formula is C6H11ClMgO. The number of hydrogen-bond donors (Lipinski definition) is 0. The van der Waals surface area contributed by atoms with E-state index in [0.717, 1.165) is 13.2 Å². The molecule has 1 aliphatic rings. The lowest BCUT2D eigenvalue weighted by Gasteiger charge is -1.76. The first-order chi connectivity index (χ1) is 4.41. The van der Waals surface area contributed by atoms with Crippen LogP contribution in [0.1, 0.15) is 12.8 Å². The molecular weight excluding hydrogens is 148 g/mol. The summed E-state index contributed by atoms with van der Waals surface area (Å²) in [6, 6.07) is 0. The van der Waals surface area contributed by atoms with Gasteiger partial charge in [0.05, 0.1) is 0 Å². The highest BCUT2D eigenvalue weighted by atomic mass is 35.5. The maximum Gasteiger partial charge on any atom is 0.530 e. The molecule has 1 nitrogen and oxygen atoms in total. The molecule has 0 aliphatic carbocycles. The van der Waals surface area contributed by atoms with Crippen LogP contribution in [0, 0.1) is 0 Å². The van der Waals surface area contributed by atoms with E-state index >= 15 is 0 Å². The third-order valence-corrected chi connectivity index (χ3v) is 1.81. The lowest BCUT2D eigenvalue weighted by molar-refractivity contribution is 0.198. The third-order valence-electron chi connectivity index (χ3n) is 0.936. The maximum absolute atomic E-state index is 5.21. The molecule has 0 amide bonds. The molecule has 0 saturated carbocycles. The van der Waals surface area contributed by atoms with Gasteiger partial charge in [-0.25, -0.2) is 0 Å². The first-order valence-corrected chi connectivity index (χ1v) is 6.12. The van der Waals surface area contributed by atoms with Crippen LogP contribution in [0.15, 0.2) is 10.8 Å². The predicted octanol–water partition coefficient (Wildman–Crippen LogP) is 1.78. The minimum absolute atomic E-state index is 0.340.